The van der Waals surface area contributed by atoms with E-state index in [-0.39, 0.29) is 17.4 Å². The third-order valence-electron chi connectivity index (χ3n) is 4.30. The van der Waals surface area contributed by atoms with Crippen LogP contribution in [0.1, 0.15) is 27.2 Å². The number of ether oxygens (including phenoxy) is 1. The van der Waals surface area contributed by atoms with E-state index in [9.17, 15) is 18.0 Å². The maximum Gasteiger partial charge on any atom is 0.324 e. The Kier molecular flexibility index (Phi) is 6.77. The Bertz CT molecular complexity index is 725. The summed E-state index contributed by atoms with van der Waals surface area (Å²) in [6.45, 7) is 6.48. The maximum atomic E-state index is 12.2. The van der Waals surface area contributed by atoms with Crippen molar-refractivity contribution in [1.29, 1.82) is 0 Å². The van der Waals surface area contributed by atoms with E-state index in [1.165, 1.54) is 19.1 Å². The fraction of sp³-hybridized carbons (Fsp3) is 0.556. The second-order valence-electron chi connectivity index (χ2n) is 7.01. The fourth-order valence-corrected chi connectivity index (χ4v) is 4.38. The van der Waals surface area contributed by atoms with Gasteiger partial charge in [-0.3, -0.25) is 9.59 Å². The molecule has 0 spiro atoms. The minimum absolute atomic E-state index is 0.0621. The molecule has 0 saturated carbocycles. The highest BCUT2D eigenvalue weighted by Crippen LogP contribution is 2.20. The van der Waals surface area contributed by atoms with Crippen LogP contribution >= 0.6 is 0 Å². The standard InChI is InChI=1S/C18H26N2O5S/c1-13-9-14(2)11-20(10-13)17(21)12-25-18(22)15(3)19-26(23,24)16-7-5-4-6-8-16/h4-8,13-15,19H,9-12H2,1-3H3. The van der Waals surface area contributed by atoms with E-state index in [2.05, 4.69) is 18.6 Å². The molecule has 0 radical (unpaired) electrons. The molecule has 1 saturated heterocycles. The Morgan fingerprint density at radius 3 is 2.35 bits per heavy atom. The lowest BCUT2D eigenvalue weighted by Gasteiger charge is -2.34. The van der Waals surface area contributed by atoms with Crippen molar-refractivity contribution < 1.29 is 22.7 Å². The predicted molar refractivity (Wildman–Crippen MR) is 96.7 cm³/mol. The number of rotatable bonds is 6. The summed E-state index contributed by atoms with van der Waals surface area (Å²) in [5, 5.41) is 0. The molecule has 7 nitrogen and oxygen atoms in total. The monoisotopic (exact) mass is 382 g/mol. The van der Waals surface area contributed by atoms with Gasteiger partial charge in [-0.25, -0.2) is 8.42 Å². The smallest absolute Gasteiger partial charge is 0.324 e. The van der Waals surface area contributed by atoms with E-state index in [0.717, 1.165) is 6.42 Å². The lowest BCUT2D eigenvalue weighted by molar-refractivity contribution is -0.154. The number of piperidine rings is 1. The molecule has 3 unspecified atom stereocenters. The highest BCUT2D eigenvalue weighted by atomic mass is 32.2. The van der Waals surface area contributed by atoms with Crippen molar-refractivity contribution in [1.82, 2.24) is 9.62 Å². The van der Waals surface area contributed by atoms with Crippen molar-refractivity contribution in [3.8, 4) is 0 Å². The number of nitrogens with one attached hydrogen (secondary N) is 1. The molecule has 2 rings (SSSR count). The summed E-state index contributed by atoms with van der Waals surface area (Å²) in [6.07, 6.45) is 1.07. The summed E-state index contributed by atoms with van der Waals surface area (Å²) < 4.78 is 31.7. The molecule has 1 aromatic rings. The number of likely N-dealkylation sites (tertiary alicyclic amines) is 1. The molecule has 3 atom stereocenters. The normalized spacial score (nSPS) is 21.9. The van der Waals surface area contributed by atoms with Crippen LogP contribution < -0.4 is 4.72 Å². The molecule has 1 fully saturated rings. The van der Waals surface area contributed by atoms with E-state index in [1.54, 1.807) is 23.1 Å². The van der Waals surface area contributed by atoms with Crippen molar-refractivity contribution in [2.24, 2.45) is 11.8 Å². The zero-order valence-electron chi connectivity index (χ0n) is 15.3. The summed E-state index contributed by atoms with van der Waals surface area (Å²) in [7, 11) is -3.82. The van der Waals surface area contributed by atoms with E-state index >= 15 is 0 Å². The van der Waals surface area contributed by atoms with Crippen LogP contribution in [-0.4, -0.2) is 50.9 Å². The number of hydrogen-bond donors (Lipinski definition) is 1. The van der Waals surface area contributed by atoms with Crippen LogP contribution in [-0.2, 0) is 24.3 Å². The van der Waals surface area contributed by atoms with Crippen LogP contribution in [0.5, 0.6) is 0 Å². The summed E-state index contributed by atoms with van der Waals surface area (Å²) in [6, 6.07) is 6.66. The van der Waals surface area contributed by atoms with Crippen molar-refractivity contribution in [3.05, 3.63) is 30.3 Å². The number of benzene rings is 1. The molecule has 0 bridgehead atoms. The Labute approximate surface area is 154 Å². The van der Waals surface area contributed by atoms with Gasteiger partial charge in [0.25, 0.3) is 5.91 Å². The topological polar surface area (TPSA) is 92.8 Å². The summed E-state index contributed by atoms with van der Waals surface area (Å²) in [5.41, 5.74) is 0. The van der Waals surface area contributed by atoms with E-state index in [1.807, 2.05) is 0 Å². The van der Waals surface area contributed by atoms with Gasteiger partial charge in [0.15, 0.2) is 6.61 Å². The van der Waals surface area contributed by atoms with Crippen LogP contribution in [0.2, 0.25) is 0 Å². The quantitative estimate of drug-likeness (QED) is 0.751. The Morgan fingerprint density at radius 1 is 1.19 bits per heavy atom. The molecule has 1 aromatic carbocycles. The maximum absolute atomic E-state index is 12.2. The highest BCUT2D eigenvalue weighted by molar-refractivity contribution is 7.89. The first-order valence-electron chi connectivity index (χ1n) is 8.71. The summed E-state index contributed by atoms with van der Waals surface area (Å²) >= 11 is 0. The molecule has 26 heavy (non-hydrogen) atoms. The summed E-state index contributed by atoms with van der Waals surface area (Å²) in [5.74, 6) is -0.212. The van der Waals surface area contributed by atoms with Gasteiger partial charge in [0.05, 0.1) is 4.90 Å². The molecule has 1 N–H and O–H groups in total. The molecular formula is C18H26N2O5S. The van der Waals surface area contributed by atoms with Gasteiger partial charge in [-0.05, 0) is 37.3 Å². The molecule has 1 heterocycles. The number of carbonyl (C=O) groups excluding carboxylic acids is 2. The average molecular weight is 382 g/mol. The predicted octanol–water partition coefficient (Wildman–Crippen LogP) is 1.40. The van der Waals surface area contributed by atoms with Crippen molar-refractivity contribution in [2.75, 3.05) is 19.7 Å². The van der Waals surface area contributed by atoms with Gasteiger partial charge in [0.2, 0.25) is 10.0 Å². The molecule has 1 aliphatic heterocycles. The number of nitrogens with zero attached hydrogens (tertiary/aromatic N) is 1. The van der Waals surface area contributed by atoms with Crippen molar-refractivity contribution in [2.45, 2.75) is 38.1 Å². The van der Waals surface area contributed by atoms with Gasteiger partial charge < -0.3 is 9.64 Å². The van der Waals surface area contributed by atoms with Crippen LogP contribution in [0.3, 0.4) is 0 Å². The third kappa shape index (κ3) is 5.54. The molecular weight excluding hydrogens is 356 g/mol. The van der Waals surface area contributed by atoms with Gasteiger partial charge in [0, 0.05) is 13.1 Å². The van der Waals surface area contributed by atoms with Crippen LogP contribution in [0.15, 0.2) is 35.2 Å². The van der Waals surface area contributed by atoms with Crippen LogP contribution in [0.25, 0.3) is 0 Å². The first kappa shape index (κ1) is 20.4. The van der Waals surface area contributed by atoms with E-state index < -0.39 is 22.0 Å². The molecule has 1 aliphatic rings. The largest absolute Gasteiger partial charge is 0.454 e. The van der Waals surface area contributed by atoms with Gasteiger partial charge in [-0.2, -0.15) is 4.72 Å². The molecule has 144 valence electrons. The fourth-order valence-electron chi connectivity index (χ4n) is 3.16. The van der Waals surface area contributed by atoms with Gasteiger partial charge in [-0.1, -0.05) is 32.0 Å². The second-order valence-corrected chi connectivity index (χ2v) is 8.72. The van der Waals surface area contributed by atoms with Crippen LogP contribution in [0, 0.1) is 11.8 Å². The second kappa shape index (κ2) is 8.64. The highest BCUT2D eigenvalue weighted by Gasteiger charge is 2.27. The van der Waals surface area contributed by atoms with Crippen LogP contribution in [0.4, 0.5) is 0 Å². The molecule has 0 aliphatic carbocycles. The molecule has 8 heteroatoms. The SMILES string of the molecule is CC1CC(C)CN(C(=O)COC(=O)C(C)NS(=O)(=O)c2ccccc2)C1. The third-order valence-corrected chi connectivity index (χ3v) is 5.86. The molecule has 1 amide bonds. The number of esters is 1. The minimum Gasteiger partial charge on any atom is -0.454 e. The van der Waals surface area contributed by atoms with Gasteiger partial charge in [0.1, 0.15) is 6.04 Å². The van der Waals surface area contributed by atoms with E-state index in [0.29, 0.717) is 24.9 Å². The average Bonchev–Trinajstić information content (AvgIpc) is 2.58. The van der Waals surface area contributed by atoms with Crippen molar-refractivity contribution >= 4 is 21.9 Å². The Hall–Kier alpha value is -1.93. The zero-order chi connectivity index (χ0) is 19.3. The summed E-state index contributed by atoms with van der Waals surface area (Å²) in [4.78, 5) is 26.0. The first-order chi connectivity index (χ1) is 12.2. The number of hydrogen-bond acceptors (Lipinski definition) is 5. The Balaban J connectivity index is 1.86. The Morgan fingerprint density at radius 2 is 1.77 bits per heavy atom. The van der Waals surface area contributed by atoms with Crippen molar-refractivity contribution in [3.63, 3.8) is 0 Å². The van der Waals surface area contributed by atoms with E-state index in [4.69, 9.17) is 4.74 Å². The van der Waals surface area contributed by atoms with Gasteiger partial charge in [-0.15, -0.1) is 0 Å². The number of carbonyl (C=O) groups is 2. The lowest BCUT2D eigenvalue weighted by atomic mass is 9.92. The lowest BCUT2D eigenvalue weighted by Crippen LogP contribution is -2.45. The number of amides is 1. The minimum atomic E-state index is -3.82. The first-order valence-corrected chi connectivity index (χ1v) is 10.2. The molecule has 0 aromatic heterocycles. The number of sulfonamides is 1. The zero-order valence-corrected chi connectivity index (χ0v) is 16.2. The van der Waals surface area contributed by atoms with Gasteiger partial charge >= 0.3 is 5.97 Å².